The Morgan fingerprint density at radius 3 is 2.14 bits per heavy atom. The molecule has 0 unspecified atom stereocenters. The van der Waals surface area contributed by atoms with Crippen molar-refractivity contribution in [3.63, 3.8) is 0 Å². The first-order valence-electron chi connectivity index (χ1n) is 12.3. The van der Waals surface area contributed by atoms with Gasteiger partial charge < -0.3 is 19.7 Å². The monoisotopic (exact) mass is 488 g/mol. The lowest BCUT2D eigenvalue weighted by Crippen LogP contribution is -2.52. The molecular weight excluding hydrogens is 452 g/mol. The van der Waals surface area contributed by atoms with Crippen molar-refractivity contribution < 1.29 is 19.1 Å². The number of nitrogens with one attached hydrogen (secondary N) is 1. The summed E-state index contributed by atoms with van der Waals surface area (Å²) in [5.74, 6) is 1.16. The average Bonchev–Trinajstić information content (AvgIpc) is 2.91. The summed E-state index contributed by atoms with van der Waals surface area (Å²) in [4.78, 5) is 29.1. The molecule has 3 aromatic rings. The molecule has 3 aromatic carbocycles. The van der Waals surface area contributed by atoms with Crippen molar-refractivity contribution in [3.05, 3.63) is 95.6 Å². The van der Waals surface area contributed by atoms with Gasteiger partial charge in [-0.1, -0.05) is 61.5 Å². The van der Waals surface area contributed by atoms with Gasteiger partial charge in [0.25, 0.3) is 0 Å². The fourth-order valence-electron chi connectivity index (χ4n) is 3.98. The van der Waals surface area contributed by atoms with Crippen LogP contribution in [0.5, 0.6) is 11.5 Å². The Bertz CT molecular complexity index is 1120. The van der Waals surface area contributed by atoms with E-state index in [1.54, 1.807) is 19.1 Å². The standard InChI is InChI=1S/C30H36N2O4/c1-5-22(2)31-30(34)28(19-23-10-7-6-8-11-23)32(21-25-12-9-13-27(18-25)36-4)29(33)20-24-14-16-26(35-3)17-15-24/h6-18,22,28H,5,19-21H2,1-4H3,(H,31,34)/t22-,28-/m1/s1. The molecule has 0 radical (unpaired) electrons. The number of carbonyl (C=O) groups excluding carboxylic acids is 2. The number of nitrogens with zero attached hydrogens (tertiary/aromatic N) is 1. The zero-order chi connectivity index (χ0) is 25.9. The molecule has 0 spiro atoms. The van der Waals surface area contributed by atoms with Crippen LogP contribution >= 0.6 is 0 Å². The Balaban J connectivity index is 1.97. The van der Waals surface area contributed by atoms with Crippen molar-refractivity contribution in [2.24, 2.45) is 0 Å². The molecule has 2 amide bonds. The molecule has 1 N–H and O–H groups in total. The van der Waals surface area contributed by atoms with Crippen LogP contribution in [0.15, 0.2) is 78.9 Å². The van der Waals surface area contributed by atoms with Gasteiger partial charge in [-0.15, -0.1) is 0 Å². The van der Waals surface area contributed by atoms with Gasteiger partial charge in [0.2, 0.25) is 11.8 Å². The van der Waals surface area contributed by atoms with Gasteiger partial charge >= 0.3 is 0 Å². The zero-order valence-corrected chi connectivity index (χ0v) is 21.6. The van der Waals surface area contributed by atoms with Crippen LogP contribution in [-0.2, 0) is 29.0 Å². The van der Waals surface area contributed by atoms with Crippen molar-refractivity contribution in [2.45, 2.75) is 51.7 Å². The molecule has 0 saturated heterocycles. The number of ether oxygens (including phenoxy) is 2. The van der Waals surface area contributed by atoms with Crippen LogP contribution in [0.3, 0.4) is 0 Å². The first-order chi connectivity index (χ1) is 17.4. The van der Waals surface area contributed by atoms with Crippen molar-refractivity contribution >= 4 is 11.8 Å². The molecule has 0 saturated carbocycles. The normalized spacial score (nSPS) is 12.3. The maximum absolute atomic E-state index is 13.8. The molecule has 0 aromatic heterocycles. The number of amides is 2. The molecule has 0 aliphatic carbocycles. The Kier molecular flexibility index (Phi) is 9.92. The molecule has 2 atom stereocenters. The Morgan fingerprint density at radius 1 is 0.833 bits per heavy atom. The van der Waals surface area contributed by atoms with Gasteiger partial charge in [0.05, 0.1) is 20.6 Å². The summed E-state index contributed by atoms with van der Waals surface area (Å²) < 4.78 is 10.6. The Hall–Kier alpha value is -3.80. The molecule has 0 bridgehead atoms. The molecule has 3 rings (SSSR count). The van der Waals surface area contributed by atoms with Gasteiger partial charge in [-0.25, -0.2) is 0 Å². The predicted octanol–water partition coefficient (Wildman–Crippen LogP) is 4.80. The van der Waals surface area contributed by atoms with Crippen molar-refractivity contribution in [1.82, 2.24) is 10.2 Å². The summed E-state index contributed by atoms with van der Waals surface area (Å²) in [6.45, 7) is 4.29. The topological polar surface area (TPSA) is 67.9 Å². The van der Waals surface area contributed by atoms with Gasteiger partial charge in [0.15, 0.2) is 0 Å². The van der Waals surface area contributed by atoms with E-state index in [0.717, 1.165) is 28.9 Å². The van der Waals surface area contributed by atoms with Crippen LogP contribution in [-0.4, -0.2) is 43.0 Å². The summed E-state index contributed by atoms with van der Waals surface area (Å²) in [7, 11) is 3.23. The number of carbonyl (C=O) groups is 2. The lowest BCUT2D eigenvalue weighted by Gasteiger charge is -2.32. The quantitative estimate of drug-likeness (QED) is 0.398. The largest absolute Gasteiger partial charge is 0.497 e. The smallest absolute Gasteiger partial charge is 0.243 e. The maximum Gasteiger partial charge on any atom is 0.243 e. The van der Waals surface area contributed by atoms with Gasteiger partial charge in [-0.2, -0.15) is 0 Å². The fraction of sp³-hybridized carbons (Fsp3) is 0.333. The summed E-state index contributed by atoms with van der Waals surface area (Å²) >= 11 is 0. The van der Waals surface area contributed by atoms with E-state index in [1.807, 2.05) is 92.7 Å². The molecule has 0 aliphatic rings. The Labute approximate surface area is 214 Å². The third kappa shape index (κ3) is 7.60. The van der Waals surface area contributed by atoms with Crippen LogP contribution in [0, 0.1) is 0 Å². The number of rotatable bonds is 12. The van der Waals surface area contributed by atoms with Gasteiger partial charge in [0.1, 0.15) is 17.5 Å². The molecular formula is C30H36N2O4. The van der Waals surface area contributed by atoms with E-state index in [-0.39, 0.29) is 30.8 Å². The molecule has 0 aliphatic heterocycles. The maximum atomic E-state index is 13.8. The Morgan fingerprint density at radius 2 is 1.50 bits per heavy atom. The number of hydrogen-bond donors (Lipinski definition) is 1. The number of methoxy groups -OCH3 is 2. The number of hydrogen-bond acceptors (Lipinski definition) is 4. The van der Waals surface area contributed by atoms with Crippen LogP contribution in [0.25, 0.3) is 0 Å². The number of benzene rings is 3. The van der Waals surface area contributed by atoms with Crippen molar-refractivity contribution in [2.75, 3.05) is 14.2 Å². The minimum Gasteiger partial charge on any atom is -0.497 e. The highest BCUT2D eigenvalue weighted by molar-refractivity contribution is 5.89. The first kappa shape index (κ1) is 26.8. The highest BCUT2D eigenvalue weighted by Crippen LogP contribution is 2.20. The molecule has 0 heterocycles. The average molecular weight is 489 g/mol. The molecule has 6 nitrogen and oxygen atoms in total. The SMILES string of the molecule is CC[C@@H](C)NC(=O)[C@@H](Cc1ccccc1)N(Cc1cccc(OC)c1)C(=O)Cc1ccc(OC)cc1. The van der Waals surface area contributed by atoms with E-state index >= 15 is 0 Å². The van der Waals surface area contributed by atoms with Crippen LogP contribution in [0.4, 0.5) is 0 Å². The zero-order valence-electron chi connectivity index (χ0n) is 21.6. The second-order valence-electron chi connectivity index (χ2n) is 8.92. The molecule has 190 valence electrons. The third-order valence-corrected chi connectivity index (χ3v) is 6.27. The second kappa shape index (κ2) is 13.3. The third-order valence-electron chi connectivity index (χ3n) is 6.27. The summed E-state index contributed by atoms with van der Waals surface area (Å²) in [5, 5.41) is 3.10. The van der Waals surface area contributed by atoms with Crippen LogP contribution in [0.1, 0.15) is 37.0 Å². The van der Waals surface area contributed by atoms with Crippen molar-refractivity contribution in [3.8, 4) is 11.5 Å². The van der Waals surface area contributed by atoms with E-state index in [9.17, 15) is 9.59 Å². The van der Waals surface area contributed by atoms with E-state index in [0.29, 0.717) is 12.2 Å². The molecule has 0 fully saturated rings. The molecule has 36 heavy (non-hydrogen) atoms. The lowest BCUT2D eigenvalue weighted by molar-refractivity contribution is -0.141. The minimum absolute atomic E-state index is 0.00568. The summed E-state index contributed by atoms with van der Waals surface area (Å²) in [6.07, 6.45) is 1.40. The van der Waals surface area contributed by atoms with Gasteiger partial charge in [-0.05, 0) is 54.3 Å². The summed E-state index contributed by atoms with van der Waals surface area (Å²) in [6, 6.07) is 24.2. The van der Waals surface area contributed by atoms with E-state index in [4.69, 9.17) is 9.47 Å². The first-order valence-corrected chi connectivity index (χ1v) is 12.3. The lowest BCUT2D eigenvalue weighted by atomic mass is 10.0. The van der Waals surface area contributed by atoms with E-state index in [1.165, 1.54) is 0 Å². The van der Waals surface area contributed by atoms with E-state index < -0.39 is 6.04 Å². The van der Waals surface area contributed by atoms with Gasteiger partial charge in [-0.3, -0.25) is 9.59 Å². The fourth-order valence-corrected chi connectivity index (χ4v) is 3.98. The highest BCUT2D eigenvalue weighted by atomic mass is 16.5. The second-order valence-corrected chi connectivity index (χ2v) is 8.92. The molecule has 6 heteroatoms. The van der Waals surface area contributed by atoms with Gasteiger partial charge in [0, 0.05) is 19.0 Å². The van der Waals surface area contributed by atoms with Crippen LogP contribution in [0.2, 0.25) is 0 Å². The van der Waals surface area contributed by atoms with Crippen molar-refractivity contribution in [1.29, 1.82) is 0 Å². The highest BCUT2D eigenvalue weighted by Gasteiger charge is 2.31. The van der Waals surface area contributed by atoms with Crippen LogP contribution < -0.4 is 14.8 Å². The predicted molar refractivity (Wildman–Crippen MR) is 142 cm³/mol. The summed E-state index contributed by atoms with van der Waals surface area (Å²) in [5.41, 5.74) is 2.75. The van der Waals surface area contributed by atoms with E-state index in [2.05, 4.69) is 5.32 Å². The minimum atomic E-state index is -0.668.